The molecule has 2 aliphatic rings. The maximum absolute atomic E-state index is 5.96. The normalized spacial score (nSPS) is 22.2. The SMILES string of the molecule is CN=C(NCc1cccc(-c2ccccn2)c1)N1CCOC(C2CCCO2)C1.I. The van der Waals surface area contributed by atoms with E-state index in [2.05, 4.69) is 44.5 Å². The van der Waals surface area contributed by atoms with Gasteiger partial charge in [-0.15, -0.1) is 24.0 Å². The molecule has 2 saturated heterocycles. The molecule has 29 heavy (non-hydrogen) atoms. The monoisotopic (exact) mass is 508 g/mol. The zero-order valence-corrected chi connectivity index (χ0v) is 19.1. The van der Waals surface area contributed by atoms with Crippen molar-refractivity contribution in [1.29, 1.82) is 0 Å². The summed E-state index contributed by atoms with van der Waals surface area (Å²) >= 11 is 0. The second kappa shape index (κ2) is 10.9. The third kappa shape index (κ3) is 5.67. The molecular formula is C22H29IN4O2. The fraction of sp³-hybridized carbons (Fsp3) is 0.455. The molecule has 2 aromatic rings. The Kier molecular flexibility index (Phi) is 8.26. The van der Waals surface area contributed by atoms with Crippen molar-refractivity contribution in [2.75, 3.05) is 33.4 Å². The van der Waals surface area contributed by atoms with Crippen LogP contribution in [-0.4, -0.2) is 61.4 Å². The topological polar surface area (TPSA) is 59.0 Å². The number of pyridine rings is 1. The summed E-state index contributed by atoms with van der Waals surface area (Å²) in [4.78, 5) is 11.2. The van der Waals surface area contributed by atoms with Crippen molar-refractivity contribution in [3.63, 3.8) is 0 Å². The molecule has 0 spiro atoms. The van der Waals surface area contributed by atoms with E-state index in [4.69, 9.17) is 9.47 Å². The molecule has 1 aromatic heterocycles. The first-order chi connectivity index (χ1) is 13.8. The zero-order valence-electron chi connectivity index (χ0n) is 16.8. The van der Waals surface area contributed by atoms with Gasteiger partial charge in [-0.2, -0.15) is 0 Å². The number of ether oxygens (including phenoxy) is 2. The molecule has 4 rings (SSSR count). The van der Waals surface area contributed by atoms with Crippen LogP contribution in [-0.2, 0) is 16.0 Å². The summed E-state index contributed by atoms with van der Waals surface area (Å²) in [7, 11) is 1.84. The second-order valence-electron chi connectivity index (χ2n) is 7.22. The number of hydrogen-bond donors (Lipinski definition) is 1. The molecule has 2 atom stereocenters. The Morgan fingerprint density at radius 1 is 1.17 bits per heavy atom. The van der Waals surface area contributed by atoms with E-state index in [9.17, 15) is 0 Å². The maximum Gasteiger partial charge on any atom is 0.194 e. The molecule has 2 unspecified atom stereocenters. The Hall–Kier alpha value is -1.71. The predicted octanol–water partition coefficient (Wildman–Crippen LogP) is 3.32. The summed E-state index contributed by atoms with van der Waals surface area (Å²) in [6, 6.07) is 14.5. The highest BCUT2D eigenvalue weighted by Gasteiger charge is 2.32. The van der Waals surface area contributed by atoms with Crippen LogP contribution in [0.2, 0.25) is 0 Å². The van der Waals surface area contributed by atoms with Crippen LogP contribution in [0.4, 0.5) is 0 Å². The number of nitrogens with one attached hydrogen (secondary N) is 1. The average molecular weight is 508 g/mol. The Bertz CT molecular complexity index is 796. The minimum atomic E-state index is 0. The van der Waals surface area contributed by atoms with Crippen LogP contribution in [0.5, 0.6) is 0 Å². The fourth-order valence-corrected chi connectivity index (χ4v) is 3.88. The largest absolute Gasteiger partial charge is 0.375 e. The lowest BCUT2D eigenvalue weighted by molar-refractivity contribution is -0.0817. The maximum atomic E-state index is 5.96. The summed E-state index contributed by atoms with van der Waals surface area (Å²) in [5, 5.41) is 3.50. The number of aliphatic imine (C=N–C) groups is 1. The summed E-state index contributed by atoms with van der Waals surface area (Å²) < 4.78 is 11.8. The molecule has 0 radical (unpaired) electrons. The molecule has 0 aliphatic carbocycles. The number of nitrogens with zero attached hydrogens (tertiary/aromatic N) is 3. The van der Waals surface area contributed by atoms with Crippen LogP contribution >= 0.6 is 24.0 Å². The Labute approximate surface area is 189 Å². The number of morpholine rings is 1. The molecular weight excluding hydrogens is 479 g/mol. The van der Waals surface area contributed by atoms with Gasteiger partial charge in [0.15, 0.2) is 5.96 Å². The second-order valence-corrected chi connectivity index (χ2v) is 7.22. The smallest absolute Gasteiger partial charge is 0.194 e. The summed E-state index contributed by atoms with van der Waals surface area (Å²) in [5.74, 6) is 0.912. The van der Waals surface area contributed by atoms with Gasteiger partial charge in [-0.25, -0.2) is 0 Å². The molecule has 2 aliphatic heterocycles. The molecule has 3 heterocycles. The molecule has 0 saturated carbocycles. The van der Waals surface area contributed by atoms with Gasteiger partial charge in [-0.05, 0) is 36.6 Å². The van der Waals surface area contributed by atoms with E-state index < -0.39 is 0 Å². The summed E-state index contributed by atoms with van der Waals surface area (Å²) in [5.41, 5.74) is 3.31. The number of guanidine groups is 1. The van der Waals surface area contributed by atoms with Crippen LogP contribution in [0.15, 0.2) is 53.7 Å². The van der Waals surface area contributed by atoms with Crippen LogP contribution in [0.25, 0.3) is 11.3 Å². The molecule has 1 N–H and O–H groups in total. The molecule has 1 aromatic carbocycles. The molecule has 0 amide bonds. The van der Waals surface area contributed by atoms with Crippen LogP contribution in [0.3, 0.4) is 0 Å². The summed E-state index contributed by atoms with van der Waals surface area (Å²) in [6.45, 7) is 3.94. The highest BCUT2D eigenvalue weighted by molar-refractivity contribution is 14.0. The van der Waals surface area contributed by atoms with E-state index in [0.29, 0.717) is 6.61 Å². The van der Waals surface area contributed by atoms with Crippen molar-refractivity contribution < 1.29 is 9.47 Å². The molecule has 156 valence electrons. The minimum Gasteiger partial charge on any atom is -0.375 e. The van der Waals surface area contributed by atoms with Crippen LogP contribution in [0, 0.1) is 0 Å². The van der Waals surface area contributed by atoms with E-state index in [1.54, 1.807) is 0 Å². The highest BCUT2D eigenvalue weighted by atomic mass is 127. The van der Waals surface area contributed by atoms with Crippen molar-refractivity contribution in [2.45, 2.75) is 31.6 Å². The molecule has 0 bridgehead atoms. The number of rotatable bonds is 4. The molecule has 2 fully saturated rings. The summed E-state index contributed by atoms with van der Waals surface area (Å²) in [6.07, 6.45) is 4.39. The number of halogens is 1. The van der Waals surface area contributed by atoms with Gasteiger partial charge < -0.3 is 19.7 Å². The van der Waals surface area contributed by atoms with Crippen molar-refractivity contribution in [3.8, 4) is 11.3 Å². The van der Waals surface area contributed by atoms with Gasteiger partial charge in [0.1, 0.15) is 6.10 Å². The van der Waals surface area contributed by atoms with Gasteiger partial charge in [0.05, 0.1) is 18.4 Å². The average Bonchev–Trinajstić information content (AvgIpc) is 3.30. The van der Waals surface area contributed by atoms with Crippen molar-refractivity contribution >= 4 is 29.9 Å². The van der Waals surface area contributed by atoms with Crippen molar-refractivity contribution in [3.05, 3.63) is 54.2 Å². The molecule has 6 nitrogen and oxygen atoms in total. The fourth-order valence-electron chi connectivity index (χ4n) is 3.88. The quantitative estimate of drug-likeness (QED) is 0.390. The van der Waals surface area contributed by atoms with Gasteiger partial charge in [-0.3, -0.25) is 9.98 Å². The van der Waals surface area contributed by atoms with Gasteiger partial charge in [0.25, 0.3) is 0 Å². The van der Waals surface area contributed by atoms with Gasteiger partial charge in [0, 0.05) is 45.0 Å². The number of aromatic nitrogens is 1. The third-order valence-electron chi connectivity index (χ3n) is 5.32. The minimum absolute atomic E-state index is 0. The van der Waals surface area contributed by atoms with Crippen molar-refractivity contribution in [2.24, 2.45) is 4.99 Å². The first-order valence-electron chi connectivity index (χ1n) is 10.0. The van der Waals surface area contributed by atoms with Gasteiger partial charge >= 0.3 is 0 Å². The van der Waals surface area contributed by atoms with E-state index >= 15 is 0 Å². The number of benzene rings is 1. The lowest BCUT2D eigenvalue weighted by Gasteiger charge is -2.37. The lowest BCUT2D eigenvalue weighted by atomic mass is 10.1. The molecule has 7 heteroatoms. The first kappa shape index (κ1) is 22.0. The van der Waals surface area contributed by atoms with Gasteiger partial charge in [0.2, 0.25) is 0 Å². The highest BCUT2D eigenvalue weighted by Crippen LogP contribution is 2.21. The van der Waals surface area contributed by atoms with E-state index in [0.717, 1.165) is 56.3 Å². The Balaban J connectivity index is 0.00000240. The third-order valence-corrected chi connectivity index (χ3v) is 5.32. The lowest BCUT2D eigenvalue weighted by Crippen LogP contribution is -2.53. The van der Waals surface area contributed by atoms with Gasteiger partial charge in [-0.1, -0.05) is 24.3 Å². The van der Waals surface area contributed by atoms with E-state index in [1.807, 2.05) is 31.4 Å². The zero-order chi connectivity index (χ0) is 19.2. The number of hydrogen-bond acceptors (Lipinski definition) is 4. The van der Waals surface area contributed by atoms with Crippen molar-refractivity contribution in [1.82, 2.24) is 15.2 Å². The Morgan fingerprint density at radius 2 is 2.07 bits per heavy atom. The van der Waals surface area contributed by atoms with E-state index in [1.165, 1.54) is 5.56 Å². The first-order valence-corrected chi connectivity index (χ1v) is 10.0. The van der Waals surface area contributed by atoms with E-state index in [-0.39, 0.29) is 36.2 Å². The predicted molar refractivity (Wildman–Crippen MR) is 126 cm³/mol. The standard InChI is InChI=1S/C22H28N4O2.HI/c1-23-22(26-11-13-28-21(16-26)20-9-5-12-27-20)25-15-17-6-4-7-18(14-17)19-8-2-3-10-24-19;/h2-4,6-8,10,14,20-21H,5,9,11-13,15-16H2,1H3,(H,23,25);1H. The van der Waals surface area contributed by atoms with Crippen LogP contribution in [0.1, 0.15) is 18.4 Å². The Morgan fingerprint density at radius 3 is 2.83 bits per heavy atom. The van der Waals surface area contributed by atoms with Crippen LogP contribution < -0.4 is 5.32 Å².